The molecule has 0 bridgehead atoms. The molecule has 4 rings (SSSR count). The number of carbonyl (C=O) groups excluding carboxylic acids is 1. The summed E-state index contributed by atoms with van der Waals surface area (Å²) in [5.41, 5.74) is 4.14. The Bertz CT molecular complexity index is 1370. The summed E-state index contributed by atoms with van der Waals surface area (Å²) in [6.45, 7) is 3.14. The zero-order chi connectivity index (χ0) is 25.1. The van der Waals surface area contributed by atoms with Gasteiger partial charge in [-0.3, -0.25) is 4.79 Å². The summed E-state index contributed by atoms with van der Waals surface area (Å²) in [4.78, 5) is 24.7. The number of likely N-dealkylation sites (N-methyl/N-ethyl adjacent to an activating group) is 2. The second kappa shape index (κ2) is 10.1. The topological polar surface area (TPSA) is 78.3 Å². The van der Waals surface area contributed by atoms with E-state index in [4.69, 9.17) is 0 Å². The lowest BCUT2D eigenvalue weighted by Crippen LogP contribution is -2.29. The molecule has 2 aromatic carbocycles. The van der Waals surface area contributed by atoms with E-state index in [0.717, 1.165) is 29.7 Å². The molecule has 9 heteroatoms. The van der Waals surface area contributed by atoms with E-state index in [0.29, 0.717) is 16.9 Å². The first kappa shape index (κ1) is 24.2. The number of aryl methyl sites for hydroxylation is 1. The molecule has 35 heavy (non-hydrogen) atoms. The first-order chi connectivity index (χ1) is 16.7. The number of rotatable bonds is 8. The summed E-state index contributed by atoms with van der Waals surface area (Å²) in [7, 11) is 7.94. The third-order valence-corrected chi connectivity index (χ3v) is 5.75. The Balaban J connectivity index is 1.65. The van der Waals surface area contributed by atoms with Crippen LogP contribution < -0.4 is 15.5 Å². The summed E-state index contributed by atoms with van der Waals surface area (Å²) in [6, 6.07) is 13.4. The number of nitrogens with one attached hydrogen (secondary N) is 2. The molecular formula is C26H30FN7O. The molecule has 1 amide bonds. The van der Waals surface area contributed by atoms with Crippen LogP contribution in [0.2, 0.25) is 0 Å². The Kier molecular flexibility index (Phi) is 6.97. The minimum absolute atomic E-state index is 0.166. The number of hydrogen-bond acceptors (Lipinski definition) is 6. The maximum Gasteiger partial charge on any atom is 0.227 e. The van der Waals surface area contributed by atoms with Crippen LogP contribution in [0.5, 0.6) is 0 Å². The predicted molar refractivity (Wildman–Crippen MR) is 140 cm³/mol. The number of fused-ring (bicyclic) bond motifs is 1. The fraction of sp³-hybridized carbons (Fsp3) is 0.269. The fourth-order valence-corrected chi connectivity index (χ4v) is 3.98. The molecule has 0 saturated heterocycles. The zero-order valence-corrected chi connectivity index (χ0v) is 20.6. The Morgan fingerprint density at radius 3 is 2.63 bits per heavy atom. The minimum atomic E-state index is -0.497. The van der Waals surface area contributed by atoms with Crippen molar-refractivity contribution >= 4 is 39.8 Å². The van der Waals surface area contributed by atoms with Crippen molar-refractivity contribution in [3.05, 3.63) is 60.7 Å². The van der Waals surface area contributed by atoms with Crippen LogP contribution >= 0.6 is 0 Å². The van der Waals surface area contributed by atoms with E-state index in [9.17, 15) is 9.18 Å². The van der Waals surface area contributed by atoms with Crippen LogP contribution in [0.4, 0.5) is 27.4 Å². The SMILES string of the molecule is CC(=O)Nc1cc(Nc2ncc(F)c(-c3cn(C)c4ccccc34)n2)ccc1N(C)CCN(C)C. The smallest absolute Gasteiger partial charge is 0.227 e. The summed E-state index contributed by atoms with van der Waals surface area (Å²) < 4.78 is 16.7. The van der Waals surface area contributed by atoms with Gasteiger partial charge in [0.1, 0.15) is 5.69 Å². The molecule has 2 N–H and O–H groups in total. The number of nitrogens with zero attached hydrogens (tertiary/aromatic N) is 5. The summed E-state index contributed by atoms with van der Waals surface area (Å²) in [5, 5.41) is 6.97. The lowest BCUT2D eigenvalue weighted by molar-refractivity contribution is -0.114. The number of aromatic nitrogens is 3. The fourth-order valence-electron chi connectivity index (χ4n) is 3.98. The van der Waals surface area contributed by atoms with Crippen LogP contribution in [-0.4, -0.2) is 59.6 Å². The van der Waals surface area contributed by atoms with Gasteiger partial charge >= 0.3 is 0 Å². The van der Waals surface area contributed by atoms with E-state index >= 15 is 0 Å². The monoisotopic (exact) mass is 475 g/mol. The van der Waals surface area contributed by atoms with Crippen molar-refractivity contribution in [2.45, 2.75) is 6.92 Å². The molecule has 182 valence electrons. The van der Waals surface area contributed by atoms with Gasteiger partial charge in [-0.25, -0.2) is 14.4 Å². The number of anilines is 4. The summed E-state index contributed by atoms with van der Waals surface area (Å²) in [6.07, 6.45) is 3.04. The van der Waals surface area contributed by atoms with Crippen molar-refractivity contribution in [3.63, 3.8) is 0 Å². The Labute approximate surface area is 204 Å². The van der Waals surface area contributed by atoms with Gasteiger partial charge in [0, 0.05) is 62.5 Å². The van der Waals surface area contributed by atoms with Gasteiger partial charge in [-0.1, -0.05) is 18.2 Å². The van der Waals surface area contributed by atoms with E-state index in [2.05, 4.69) is 30.4 Å². The number of halogens is 1. The van der Waals surface area contributed by atoms with Crippen LogP contribution in [-0.2, 0) is 11.8 Å². The molecule has 0 unspecified atom stereocenters. The highest BCUT2D eigenvalue weighted by Crippen LogP contribution is 2.32. The largest absolute Gasteiger partial charge is 0.372 e. The van der Waals surface area contributed by atoms with Crippen molar-refractivity contribution in [3.8, 4) is 11.3 Å². The summed E-state index contributed by atoms with van der Waals surface area (Å²) in [5.74, 6) is -0.402. The molecule has 2 heterocycles. The number of hydrogen-bond donors (Lipinski definition) is 2. The maximum atomic E-state index is 14.8. The Morgan fingerprint density at radius 1 is 1.11 bits per heavy atom. The standard InChI is InChI=1S/C26H30FN7O/c1-17(35)29-22-14-18(10-11-24(22)33(4)13-12-32(2)3)30-26-28-15-21(27)25(31-26)20-16-34(5)23-9-7-6-8-19(20)23/h6-11,14-16H,12-13H2,1-5H3,(H,29,35)(H,28,30,31). The molecule has 2 aromatic heterocycles. The van der Waals surface area contributed by atoms with Gasteiger partial charge in [0.05, 0.1) is 17.6 Å². The minimum Gasteiger partial charge on any atom is -0.372 e. The lowest BCUT2D eigenvalue weighted by Gasteiger charge is -2.24. The first-order valence-corrected chi connectivity index (χ1v) is 11.3. The maximum absolute atomic E-state index is 14.8. The van der Waals surface area contributed by atoms with Crippen LogP contribution in [0.3, 0.4) is 0 Å². The van der Waals surface area contributed by atoms with Gasteiger partial charge < -0.3 is 25.0 Å². The van der Waals surface area contributed by atoms with Crippen LogP contribution in [0, 0.1) is 5.82 Å². The van der Waals surface area contributed by atoms with Gasteiger partial charge in [-0.05, 0) is 38.4 Å². The van der Waals surface area contributed by atoms with Gasteiger partial charge in [0.25, 0.3) is 0 Å². The van der Waals surface area contributed by atoms with Gasteiger partial charge in [0.15, 0.2) is 5.82 Å². The van der Waals surface area contributed by atoms with E-state index in [-0.39, 0.29) is 17.5 Å². The first-order valence-electron chi connectivity index (χ1n) is 11.3. The van der Waals surface area contributed by atoms with E-state index < -0.39 is 5.82 Å². The van der Waals surface area contributed by atoms with Crippen molar-refractivity contribution in [2.24, 2.45) is 7.05 Å². The summed E-state index contributed by atoms with van der Waals surface area (Å²) >= 11 is 0. The second-order valence-electron chi connectivity index (χ2n) is 8.82. The van der Waals surface area contributed by atoms with Crippen LogP contribution in [0.25, 0.3) is 22.2 Å². The highest BCUT2D eigenvalue weighted by Gasteiger charge is 2.16. The van der Waals surface area contributed by atoms with Crippen molar-refractivity contribution in [1.82, 2.24) is 19.4 Å². The third kappa shape index (κ3) is 5.41. The number of amides is 1. The molecule has 0 radical (unpaired) electrons. The zero-order valence-electron chi connectivity index (χ0n) is 20.6. The van der Waals surface area contributed by atoms with Gasteiger partial charge in [-0.2, -0.15) is 0 Å². The molecule has 0 fully saturated rings. The molecule has 8 nitrogen and oxygen atoms in total. The Hall–Kier alpha value is -3.98. The third-order valence-electron chi connectivity index (χ3n) is 5.75. The highest BCUT2D eigenvalue weighted by molar-refractivity contribution is 5.96. The normalized spacial score (nSPS) is 11.2. The molecule has 4 aromatic rings. The van der Waals surface area contributed by atoms with Gasteiger partial charge in [0.2, 0.25) is 11.9 Å². The van der Waals surface area contributed by atoms with E-state index in [1.165, 1.54) is 13.1 Å². The molecule has 0 aliphatic heterocycles. The van der Waals surface area contributed by atoms with E-state index in [1.54, 1.807) is 0 Å². The number of carbonyl (C=O) groups is 1. The average Bonchev–Trinajstić information content (AvgIpc) is 3.15. The van der Waals surface area contributed by atoms with Crippen molar-refractivity contribution in [1.29, 1.82) is 0 Å². The molecule has 0 aliphatic rings. The van der Waals surface area contributed by atoms with E-state index in [1.807, 2.05) is 81.4 Å². The molecular weight excluding hydrogens is 445 g/mol. The highest BCUT2D eigenvalue weighted by atomic mass is 19.1. The molecule has 0 saturated carbocycles. The average molecular weight is 476 g/mol. The van der Waals surface area contributed by atoms with Crippen LogP contribution in [0.15, 0.2) is 54.9 Å². The lowest BCUT2D eigenvalue weighted by atomic mass is 10.1. The number of para-hydroxylation sites is 1. The predicted octanol–water partition coefficient (Wildman–Crippen LogP) is 4.47. The molecule has 0 spiro atoms. The van der Waals surface area contributed by atoms with Gasteiger partial charge in [-0.15, -0.1) is 0 Å². The van der Waals surface area contributed by atoms with Crippen molar-refractivity contribution < 1.29 is 9.18 Å². The molecule has 0 aliphatic carbocycles. The van der Waals surface area contributed by atoms with Crippen LogP contribution in [0.1, 0.15) is 6.92 Å². The van der Waals surface area contributed by atoms with Crippen molar-refractivity contribution in [2.75, 3.05) is 49.8 Å². The quantitative estimate of drug-likeness (QED) is 0.391. The molecule has 0 atom stereocenters. The Morgan fingerprint density at radius 2 is 1.89 bits per heavy atom. The second-order valence-corrected chi connectivity index (χ2v) is 8.82. The number of benzene rings is 2.